The largest absolute Gasteiger partial charge is 0.481 e. The zero-order valence-electron chi connectivity index (χ0n) is 12.1. The number of hydrogen-bond donors (Lipinski definition) is 3. The molecule has 0 aliphatic carbocycles. The molecule has 0 unspecified atom stereocenters. The van der Waals surface area contributed by atoms with Gasteiger partial charge in [0.25, 0.3) is 0 Å². The number of aliphatic hydroxyl groups is 2. The number of para-hydroxylation sites is 1. The van der Waals surface area contributed by atoms with E-state index in [1.807, 2.05) is 0 Å². The van der Waals surface area contributed by atoms with E-state index < -0.39 is 12.6 Å². The van der Waals surface area contributed by atoms with Crippen LogP contribution >= 0.6 is 0 Å². The number of benzene rings is 2. The maximum absolute atomic E-state index is 12.6. The molecule has 0 amide bonds. The molecule has 23 heavy (non-hydrogen) atoms. The number of carboxylic acids is 1. The molecule has 0 bridgehead atoms. The lowest BCUT2D eigenvalue weighted by molar-refractivity contribution is -0.136. The van der Waals surface area contributed by atoms with Gasteiger partial charge in [-0.25, -0.2) is 0 Å². The van der Waals surface area contributed by atoms with Gasteiger partial charge in [0.05, 0.1) is 30.4 Å². The molecule has 3 N–H and O–H groups in total. The Kier molecular flexibility index (Phi) is 3.85. The van der Waals surface area contributed by atoms with Crippen molar-refractivity contribution >= 4 is 27.9 Å². The molecule has 0 aliphatic rings. The third-order valence-electron chi connectivity index (χ3n) is 3.82. The Morgan fingerprint density at radius 1 is 0.957 bits per heavy atom. The second-order valence-corrected chi connectivity index (χ2v) is 5.19. The highest BCUT2D eigenvalue weighted by Crippen LogP contribution is 2.27. The summed E-state index contributed by atoms with van der Waals surface area (Å²) in [5, 5.41) is 28.5. The molecule has 2 aromatic carbocycles. The molecule has 0 aliphatic heterocycles. The summed E-state index contributed by atoms with van der Waals surface area (Å²) in [5.41, 5.74) is 1.24. The Hall–Kier alpha value is -2.70. The normalized spacial score (nSPS) is 11.2. The zero-order valence-corrected chi connectivity index (χ0v) is 12.1. The van der Waals surface area contributed by atoms with E-state index in [2.05, 4.69) is 0 Å². The number of hydrogen-bond acceptors (Lipinski definition) is 5. The molecule has 0 saturated heterocycles. The average molecular weight is 314 g/mol. The predicted octanol–water partition coefficient (Wildman–Crippen LogP) is 1.56. The van der Waals surface area contributed by atoms with Crippen LogP contribution < -0.4 is 5.43 Å². The van der Waals surface area contributed by atoms with E-state index in [-0.39, 0.29) is 40.4 Å². The first-order valence-corrected chi connectivity index (χ1v) is 6.99. The Labute approximate surface area is 130 Å². The molecule has 6 nitrogen and oxygen atoms in total. The van der Waals surface area contributed by atoms with Gasteiger partial charge in [0.1, 0.15) is 11.2 Å². The van der Waals surface area contributed by atoms with Crippen LogP contribution in [0.1, 0.15) is 16.7 Å². The summed E-state index contributed by atoms with van der Waals surface area (Å²) in [6.45, 7) is -0.701. The molecule has 0 fully saturated rings. The fraction of sp³-hybridized carbons (Fsp3) is 0.176. The third-order valence-corrected chi connectivity index (χ3v) is 3.82. The topological polar surface area (TPSA) is 108 Å². The van der Waals surface area contributed by atoms with E-state index in [4.69, 9.17) is 9.52 Å². The van der Waals surface area contributed by atoms with Gasteiger partial charge in [-0.05, 0) is 17.7 Å². The van der Waals surface area contributed by atoms with Crippen molar-refractivity contribution in [2.24, 2.45) is 0 Å². The number of fused-ring (bicyclic) bond motifs is 2. The Balaban J connectivity index is 2.46. The van der Waals surface area contributed by atoms with Crippen LogP contribution in [-0.2, 0) is 24.4 Å². The Morgan fingerprint density at radius 3 is 2.35 bits per heavy atom. The van der Waals surface area contributed by atoms with Gasteiger partial charge in [-0.15, -0.1) is 0 Å². The molecule has 1 heterocycles. The lowest BCUT2D eigenvalue weighted by Gasteiger charge is -2.10. The van der Waals surface area contributed by atoms with Crippen LogP contribution in [0.3, 0.4) is 0 Å². The van der Waals surface area contributed by atoms with E-state index in [0.29, 0.717) is 16.7 Å². The van der Waals surface area contributed by atoms with Crippen LogP contribution in [0, 0.1) is 0 Å². The SMILES string of the molecule is O=C(O)Cc1cccc2c(=O)c3ccc(CO)c(CO)c3oc12. The molecule has 0 atom stereocenters. The van der Waals surface area contributed by atoms with Crippen molar-refractivity contribution in [2.45, 2.75) is 19.6 Å². The van der Waals surface area contributed by atoms with Gasteiger partial charge >= 0.3 is 5.97 Å². The summed E-state index contributed by atoms with van der Waals surface area (Å²) in [6.07, 6.45) is -0.278. The van der Waals surface area contributed by atoms with Gasteiger partial charge in [0, 0.05) is 11.1 Å². The Bertz CT molecular complexity index is 970. The standard InChI is InChI=1S/C17H14O6/c18-7-10-4-5-12-15(22)11-3-1-2-9(6-14(20)21)16(11)23-17(12)13(10)8-19/h1-5,18-19H,6-8H2,(H,20,21). The summed E-state index contributed by atoms with van der Waals surface area (Å²) >= 11 is 0. The van der Waals surface area contributed by atoms with Crippen molar-refractivity contribution in [3.05, 3.63) is 57.2 Å². The fourth-order valence-electron chi connectivity index (χ4n) is 2.72. The molecule has 118 valence electrons. The number of carboxylic acid groups (broad SMARTS) is 1. The minimum Gasteiger partial charge on any atom is -0.481 e. The molecule has 0 radical (unpaired) electrons. The molecule has 6 heteroatoms. The van der Waals surface area contributed by atoms with Crippen LogP contribution in [0.5, 0.6) is 0 Å². The maximum atomic E-state index is 12.6. The highest BCUT2D eigenvalue weighted by Gasteiger charge is 2.16. The van der Waals surface area contributed by atoms with Gasteiger partial charge in [0.2, 0.25) is 5.43 Å². The third kappa shape index (κ3) is 2.48. The van der Waals surface area contributed by atoms with Gasteiger partial charge in [-0.2, -0.15) is 0 Å². The molecular weight excluding hydrogens is 300 g/mol. The van der Waals surface area contributed by atoms with Gasteiger partial charge in [0.15, 0.2) is 0 Å². The molecule has 3 rings (SSSR count). The summed E-state index contributed by atoms with van der Waals surface area (Å²) in [4.78, 5) is 23.6. The highest BCUT2D eigenvalue weighted by molar-refractivity contribution is 5.93. The Morgan fingerprint density at radius 2 is 1.70 bits per heavy atom. The number of carbonyl (C=O) groups is 1. The van der Waals surface area contributed by atoms with Crippen molar-refractivity contribution in [1.82, 2.24) is 0 Å². The number of aliphatic hydroxyl groups excluding tert-OH is 2. The van der Waals surface area contributed by atoms with E-state index in [1.165, 1.54) is 6.07 Å². The second-order valence-electron chi connectivity index (χ2n) is 5.19. The summed E-state index contributed by atoms with van der Waals surface area (Å²) in [6, 6.07) is 7.87. The van der Waals surface area contributed by atoms with Crippen LogP contribution in [-0.4, -0.2) is 21.3 Å². The van der Waals surface area contributed by atoms with Crippen molar-refractivity contribution in [1.29, 1.82) is 0 Å². The molecule has 0 saturated carbocycles. The predicted molar refractivity (Wildman–Crippen MR) is 83.2 cm³/mol. The number of rotatable bonds is 4. The van der Waals surface area contributed by atoms with Gasteiger partial charge < -0.3 is 19.7 Å². The first kappa shape index (κ1) is 15.2. The highest BCUT2D eigenvalue weighted by atomic mass is 16.4. The van der Waals surface area contributed by atoms with Gasteiger partial charge in [-0.1, -0.05) is 18.2 Å². The molecule has 1 aromatic heterocycles. The van der Waals surface area contributed by atoms with Crippen LogP contribution in [0.2, 0.25) is 0 Å². The molecular formula is C17H14O6. The first-order chi connectivity index (χ1) is 11.1. The second kappa shape index (κ2) is 5.83. The van der Waals surface area contributed by atoms with Crippen molar-refractivity contribution in [2.75, 3.05) is 0 Å². The fourth-order valence-corrected chi connectivity index (χ4v) is 2.72. The van der Waals surface area contributed by atoms with Gasteiger partial charge in [-0.3, -0.25) is 9.59 Å². The average Bonchev–Trinajstić information content (AvgIpc) is 2.54. The molecule has 0 spiro atoms. The lowest BCUT2D eigenvalue weighted by atomic mass is 10.0. The zero-order chi connectivity index (χ0) is 16.6. The smallest absolute Gasteiger partial charge is 0.307 e. The first-order valence-electron chi connectivity index (χ1n) is 6.99. The van der Waals surface area contributed by atoms with E-state index in [1.54, 1.807) is 24.3 Å². The van der Waals surface area contributed by atoms with Crippen molar-refractivity contribution in [3.8, 4) is 0 Å². The minimum atomic E-state index is -1.04. The molecule has 3 aromatic rings. The van der Waals surface area contributed by atoms with Crippen LogP contribution in [0.25, 0.3) is 21.9 Å². The van der Waals surface area contributed by atoms with Crippen LogP contribution in [0.15, 0.2) is 39.5 Å². The minimum absolute atomic E-state index is 0.175. The maximum Gasteiger partial charge on any atom is 0.307 e. The van der Waals surface area contributed by atoms with Crippen molar-refractivity contribution < 1.29 is 24.5 Å². The van der Waals surface area contributed by atoms with E-state index in [0.717, 1.165) is 0 Å². The summed E-state index contributed by atoms with van der Waals surface area (Å²) in [5.74, 6) is -1.04. The van der Waals surface area contributed by atoms with E-state index >= 15 is 0 Å². The summed E-state index contributed by atoms with van der Waals surface area (Å²) in [7, 11) is 0. The number of aliphatic carboxylic acids is 1. The quantitative estimate of drug-likeness (QED) is 0.631. The summed E-state index contributed by atoms with van der Waals surface area (Å²) < 4.78 is 5.79. The monoisotopic (exact) mass is 314 g/mol. The van der Waals surface area contributed by atoms with E-state index in [9.17, 15) is 19.8 Å². The van der Waals surface area contributed by atoms with Crippen LogP contribution in [0.4, 0.5) is 0 Å². The van der Waals surface area contributed by atoms with Crippen molar-refractivity contribution in [3.63, 3.8) is 0 Å². The lowest BCUT2D eigenvalue weighted by Crippen LogP contribution is -2.08.